The van der Waals surface area contributed by atoms with Crippen LogP contribution in [0.4, 0.5) is 16.2 Å². The molecule has 0 saturated carbocycles. The van der Waals surface area contributed by atoms with E-state index in [4.69, 9.17) is 21.1 Å². The van der Waals surface area contributed by atoms with Gasteiger partial charge in [0.1, 0.15) is 17.1 Å². The molecular weight excluding hydrogens is 566 g/mol. The predicted molar refractivity (Wildman–Crippen MR) is 142 cm³/mol. The molecule has 0 atom stereocenters. The van der Waals surface area contributed by atoms with Gasteiger partial charge >= 0.3 is 6.03 Å². The fourth-order valence-corrected chi connectivity index (χ4v) is 4.11. The topological polar surface area (TPSA) is 114 Å². The maximum absolute atomic E-state index is 13.0. The standard InChI is InChI=1S/C26H19BrClN3O6/c1-36-19-8-6-17(7-9-19)29-23(32)14-37-22-10-5-15(12-21(22)27)11-20-24(33)30-26(35)31(25(20)34)18-4-2-3-16(28)13-18/h2-13H,14H2,1H3,(H,29,32)(H,30,33,35)/b20-11+. The van der Waals surface area contributed by atoms with Gasteiger partial charge in [0.25, 0.3) is 17.7 Å². The van der Waals surface area contributed by atoms with Crippen molar-refractivity contribution >= 4 is 68.7 Å². The smallest absolute Gasteiger partial charge is 0.335 e. The number of amides is 5. The highest BCUT2D eigenvalue weighted by Crippen LogP contribution is 2.29. The number of urea groups is 1. The van der Waals surface area contributed by atoms with Gasteiger partial charge in [-0.15, -0.1) is 0 Å². The Morgan fingerprint density at radius 1 is 1.08 bits per heavy atom. The Bertz CT molecular complexity index is 1420. The first-order chi connectivity index (χ1) is 17.7. The highest BCUT2D eigenvalue weighted by atomic mass is 79.9. The van der Waals surface area contributed by atoms with E-state index in [1.54, 1.807) is 61.7 Å². The Kier molecular flexibility index (Phi) is 7.90. The number of barbiturate groups is 1. The van der Waals surface area contributed by atoms with Crippen LogP contribution in [0.15, 0.2) is 76.8 Å². The van der Waals surface area contributed by atoms with Crippen LogP contribution < -0.4 is 25.0 Å². The molecule has 3 aromatic rings. The number of anilines is 2. The number of ether oxygens (including phenoxy) is 2. The van der Waals surface area contributed by atoms with E-state index in [9.17, 15) is 19.2 Å². The molecule has 11 heteroatoms. The first-order valence-electron chi connectivity index (χ1n) is 10.8. The van der Waals surface area contributed by atoms with E-state index in [2.05, 4.69) is 26.6 Å². The molecule has 1 aliphatic rings. The first-order valence-corrected chi connectivity index (χ1v) is 12.0. The van der Waals surface area contributed by atoms with Crippen LogP contribution >= 0.6 is 27.5 Å². The molecule has 2 N–H and O–H groups in total. The third-order valence-corrected chi connectivity index (χ3v) is 6.02. The molecule has 0 bridgehead atoms. The summed E-state index contributed by atoms with van der Waals surface area (Å²) in [6, 6.07) is 17.0. The van der Waals surface area contributed by atoms with Gasteiger partial charge in [-0.05, 0) is 82.2 Å². The first kappa shape index (κ1) is 25.9. The van der Waals surface area contributed by atoms with E-state index in [-0.39, 0.29) is 23.8 Å². The van der Waals surface area contributed by atoms with E-state index >= 15 is 0 Å². The maximum Gasteiger partial charge on any atom is 0.335 e. The van der Waals surface area contributed by atoms with Gasteiger partial charge in [0.2, 0.25) is 0 Å². The van der Waals surface area contributed by atoms with Crippen molar-refractivity contribution in [1.29, 1.82) is 0 Å². The zero-order chi connectivity index (χ0) is 26.5. The molecule has 188 valence electrons. The van der Waals surface area contributed by atoms with Crippen LogP contribution in [-0.2, 0) is 14.4 Å². The van der Waals surface area contributed by atoms with Crippen LogP contribution in [-0.4, -0.2) is 37.5 Å². The number of carbonyl (C=O) groups is 4. The molecule has 37 heavy (non-hydrogen) atoms. The Hall–Kier alpha value is -4.15. The summed E-state index contributed by atoms with van der Waals surface area (Å²) in [5.74, 6) is -0.923. The van der Waals surface area contributed by atoms with E-state index in [1.165, 1.54) is 18.2 Å². The molecule has 0 radical (unpaired) electrons. The summed E-state index contributed by atoms with van der Waals surface area (Å²) in [7, 11) is 1.56. The highest BCUT2D eigenvalue weighted by Gasteiger charge is 2.36. The van der Waals surface area contributed by atoms with Crippen LogP contribution in [0.1, 0.15) is 5.56 Å². The summed E-state index contributed by atoms with van der Waals surface area (Å²) in [6.45, 7) is -0.247. The van der Waals surface area contributed by atoms with Gasteiger partial charge in [-0.3, -0.25) is 19.7 Å². The van der Waals surface area contributed by atoms with Crippen molar-refractivity contribution in [2.24, 2.45) is 0 Å². The lowest BCUT2D eigenvalue weighted by atomic mass is 10.1. The third kappa shape index (κ3) is 6.16. The lowest BCUT2D eigenvalue weighted by Crippen LogP contribution is -2.54. The Morgan fingerprint density at radius 2 is 1.84 bits per heavy atom. The average Bonchev–Trinajstić information content (AvgIpc) is 2.86. The van der Waals surface area contributed by atoms with Gasteiger partial charge in [0, 0.05) is 10.7 Å². The van der Waals surface area contributed by atoms with Crippen molar-refractivity contribution in [3.8, 4) is 11.5 Å². The van der Waals surface area contributed by atoms with Crippen molar-refractivity contribution < 1.29 is 28.7 Å². The Balaban J connectivity index is 1.45. The normalized spacial score (nSPS) is 14.4. The molecule has 9 nitrogen and oxygen atoms in total. The second-order valence-corrected chi connectivity index (χ2v) is 8.98. The van der Waals surface area contributed by atoms with Crippen LogP contribution in [0.25, 0.3) is 6.08 Å². The van der Waals surface area contributed by atoms with Gasteiger partial charge in [-0.2, -0.15) is 0 Å². The van der Waals surface area contributed by atoms with Gasteiger partial charge in [-0.1, -0.05) is 23.7 Å². The Morgan fingerprint density at radius 3 is 2.51 bits per heavy atom. The molecule has 1 aliphatic heterocycles. The van der Waals surface area contributed by atoms with Crippen LogP contribution in [0, 0.1) is 0 Å². The van der Waals surface area contributed by atoms with Crippen molar-refractivity contribution in [3.05, 3.63) is 87.4 Å². The number of nitrogens with zero attached hydrogens (tertiary/aromatic N) is 1. The molecule has 0 aliphatic carbocycles. The Labute approximate surface area is 225 Å². The summed E-state index contributed by atoms with van der Waals surface area (Å²) in [5.41, 5.74) is 1.07. The molecule has 0 aromatic heterocycles. The minimum Gasteiger partial charge on any atom is -0.497 e. The quantitative estimate of drug-likeness (QED) is 0.305. The number of nitrogens with one attached hydrogen (secondary N) is 2. The van der Waals surface area contributed by atoms with Crippen molar-refractivity contribution in [2.45, 2.75) is 0 Å². The largest absolute Gasteiger partial charge is 0.497 e. The zero-order valence-corrected chi connectivity index (χ0v) is 21.6. The number of hydrogen-bond acceptors (Lipinski definition) is 6. The molecule has 0 unspecified atom stereocenters. The van der Waals surface area contributed by atoms with Crippen LogP contribution in [0.5, 0.6) is 11.5 Å². The number of carbonyl (C=O) groups excluding carboxylic acids is 4. The lowest BCUT2D eigenvalue weighted by Gasteiger charge is -2.26. The lowest BCUT2D eigenvalue weighted by molar-refractivity contribution is -0.122. The second-order valence-electron chi connectivity index (χ2n) is 7.69. The van der Waals surface area contributed by atoms with Crippen molar-refractivity contribution in [1.82, 2.24) is 5.32 Å². The van der Waals surface area contributed by atoms with Crippen LogP contribution in [0.2, 0.25) is 5.02 Å². The minimum atomic E-state index is -0.868. The SMILES string of the molecule is COc1ccc(NC(=O)COc2ccc(/C=C3\C(=O)NC(=O)N(c4cccc(Cl)c4)C3=O)cc2Br)cc1. The minimum absolute atomic E-state index is 0.228. The fraction of sp³-hybridized carbons (Fsp3) is 0.0769. The van der Waals surface area contributed by atoms with E-state index in [0.29, 0.717) is 32.2 Å². The number of imide groups is 2. The molecule has 5 amide bonds. The highest BCUT2D eigenvalue weighted by molar-refractivity contribution is 9.10. The number of methoxy groups -OCH3 is 1. The number of halogens is 2. The summed E-state index contributed by atoms with van der Waals surface area (Å²) < 4.78 is 11.2. The fourth-order valence-electron chi connectivity index (χ4n) is 3.41. The van der Waals surface area contributed by atoms with E-state index in [0.717, 1.165) is 4.90 Å². The van der Waals surface area contributed by atoms with Gasteiger partial charge in [0.15, 0.2) is 6.61 Å². The summed E-state index contributed by atoms with van der Waals surface area (Å²) >= 11 is 9.36. The summed E-state index contributed by atoms with van der Waals surface area (Å²) in [4.78, 5) is 50.8. The van der Waals surface area contributed by atoms with Gasteiger partial charge in [-0.25, -0.2) is 9.69 Å². The molecular formula is C26H19BrClN3O6. The molecule has 3 aromatic carbocycles. The van der Waals surface area contributed by atoms with Crippen LogP contribution in [0.3, 0.4) is 0 Å². The molecule has 1 heterocycles. The maximum atomic E-state index is 13.0. The molecule has 1 saturated heterocycles. The molecule has 4 rings (SSSR count). The van der Waals surface area contributed by atoms with Gasteiger partial charge < -0.3 is 14.8 Å². The predicted octanol–water partition coefficient (Wildman–Crippen LogP) is 4.80. The molecule has 1 fully saturated rings. The van der Waals surface area contributed by atoms with Crippen molar-refractivity contribution in [3.63, 3.8) is 0 Å². The number of rotatable bonds is 7. The second kappa shape index (κ2) is 11.3. The van der Waals surface area contributed by atoms with Gasteiger partial charge in [0.05, 0.1) is 17.3 Å². The zero-order valence-electron chi connectivity index (χ0n) is 19.3. The number of benzene rings is 3. The summed E-state index contributed by atoms with van der Waals surface area (Å²) in [5, 5.41) is 5.21. The van der Waals surface area contributed by atoms with E-state index < -0.39 is 17.8 Å². The van der Waals surface area contributed by atoms with Crippen molar-refractivity contribution in [2.75, 3.05) is 23.9 Å². The average molecular weight is 585 g/mol. The summed E-state index contributed by atoms with van der Waals surface area (Å²) in [6.07, 6.45) is 1.35. The monoisotopic (exact) mass is 583 g/mol. The number of hydrogen-bond donors (Lipinski definition) is 2. The third-order valence-electron chi connectivity index (χ3n) is 5.17. The molecule has 0 spiro atoms. The van der Waals surface area contributed by atoms with E-state index in [1.807, 2.05) is 0 Å².